The molecule has 0 aromatic rings. The van der Waals surface area contributed by atoms with Gasteiger partial charge in [0.25, 0.3) is 0 Å². The number of hydrogen-bond acceptors (Lipinski definition) is 5. The van der Waals surface area contributed by atoms with E-state index in [1.54, 1.807) is 0 Å². The van der Waals surface area contributed by atoms with E-state index < -0.39 is 23.9 Å². The molecule has 0 radical (unpaired) electrons. The molecule has 3 saturated carbocycles. The summed E-state index contributed by atoms with van der Waals surface area (Å²) in [5.74, 6) is 1.20. The number of hydrogen-bond donors (Lipinski definition) is 3. The van der Waals surface area contributed by atoms with Crippen molar-refractivity contribution in [3.63, 3.8) is 0 Å². The van der Waals surface area contributed by atoms with Crippen molar-refractivity contribution in [2.45, 2.75) is 104 Å². The van der Waals surface area contributed by atoms with Gasteiger partial charge in [0.05, 0.1) is 0 Å². The lowest BCUT2D eigenvalue weighted by Gasteiger charge is -2.59. The average Bonchev–Trinajstić information content (AvgIpc) is 3.18. The summed E-state index contributed by atoms with van der Waals surface area (Å²) >= 11 is 0. The molecule has 0 amide bonds. The van der Waals surface area contributed by atoms with Crippen molar-refractivity contribution < 1.29 is 29.3 Å². The fourth-order valence-electron chi connectivity index (χ4n) is 8.84. The van der Waals surface area contributed by atoms with E-state index in [9.17, 15) is 14.4 Å². The molecule has 3 fully saturated rings. The van der Waals surface area contributed by atoms with E-state index in [0.29, 0.717) is 35.5 Å². The number of fused-ring (bicyclic) bond motifs is 5. The molecule has 7 nitrogen and oxygen atoms in total. The van der Waals surface area contributed by atoms with Crippen LogP contribution in [0.1, 0.15) is 91.4 Å². The van der Waals surface area contributed by atoms with Crippen molar-refractivity contribution in [1.82, 2.24) is 0 Å². The smallest absolute Gasteiger partial charge is 0.323 e. The summed E-state index contributed by atoms with van der Waals surface area (Å²) in [5, 5.41) is 18.0. The van der Waals surface area contributed by atoms with Gasteiger partial charge in [0.1, 0.15) is 12.1 Å². The number of nitrogens with two attached hydrogens (primary N) is 1. The van der Waals surface area contributed by atoms with Crippen LogP contribution < -0.4 is 5.73 Å². The van der Waals surface area contributed by atoms with E-state index in [1.165, 1.54) is 19.3 Å². The van der Waals surface area contributed by atoms with Crippen molar-refractivity contribution in [3.05, 3.63) is 12.2 Å². The van der Waals surface area contributed by atoms with Crippen molar-refractivity contribution in [2.24, 2.45) is 52.1 Å². The van der Waals surface area contributed by atoms with Gasteiger partial charge in [-0.2, -0.15) is 0 Å². The fourth-order valence-corrected chi connectivity index (χ4v) is 8.84. The average molecular weight is 504 g/mol. The lowest BCUT2D eigenvalue weighted by atomic mass is 9.46. The van der Waals surface area contributed by atoms with Crippen LogP contribution in [-0.4, -0.2) is 40.3 Å². The van der Waals surface area contributed by atoms with Gasteiger partial charge in [0.2, 0.25) is 0 Å². The molecule has 0 heterocycles. The van der Waals surface area contributed by atoms with E-state index in [1.807, 2.05) is 0 Å². The van der Waals surface area contributed by atoms with Crippen molar-refractivity contribution in [2.75, 3.05) is 0 Å². The van der Waals surface area contributed by atoms with E-state index in [4.69, 9.17) is 20.7 Å². The Morgan fingerprint density at radius 2 is 1.72 bits per heavy atom. The normalized spacial score (nSPS) is 40.9. The Bertz CT molecular complexity index is 887. The topological polar surface area (TPSA) is 127 Å². The minimum atomic E-state index is -0.955. The van der Waals surface area contributed by atoms with Crippen LogP contribution >= 0.6 is 0 Å². The molecule has 4 N–H and O–H groups in total. The summed E-state index contributed by atoms with van der Waals surface area (Å²) in [6.45, 7) is 7.12. The first-order valence-corrected chi connectivity index (χ1v) is 14.0. The van der Waals surface area contributed by atoms with Crippen molar-refractivity contribution in [1.29, 1.82) is 0 Å². The third-order valence-electron chi connectivity index (χ3n) is 10.9. The molecule has 0 aromatic carbocycles. The largest absolute Gasteiger partial charge is 0.481 e. The lowest BCUT2D eigenvalue weighted by Crippen LogP contribution is -2.52. The zero-order chi connectivity index (χ0) is 26.3. The number of carbonyl (C=O) groups excluding carboxylic acids is 1. The Balaban J connectivity index is 1.41. The number of rotatable bonds is 9. The zero-order valence-corrected chi connectivity index (χ0v) is 22.2. The molecule has 4 aliphatic rings. The van der Waals surface area contributed by atoms with Gasteiger partial charge in [0.15, 0.2) is 0 Å². The van der Waals surface area contributed by atoms with Crippen LogP contribution in [0, 0.1) is 46.3 Å². The third kappa shape index (κ3) is 5.09. The van der Waals surface area contributed by atoms with Crippen molar-refractivity contribution >= 4 is 17.9 Å². The molecule has 10 atom stereocenters. The Labute approximate surface area is 215 Å². The molecule has 0 spiro atoms. The molecule has 202 valence electrons. The molecule has 0 aromatic heterocycles. The highest BCUT2D eigenvalue weighted by molar-refractivity contribution is 5.76. The monoisotopic (exact) mass is 503 g/mol. The standard InChI is InChI=1S/C29H45NO6/c1-17(4-10-25(31)32)21-7-8-22-20-6-5-18-16-19(36-27(35)24(30)9-11-26(33)34)12-14-28(18,2)23(20)13-15-29(21,22)3/h13,15,17-24H,4-12,14,16,30H2,1-3H3,(H,31,32)(H,33,34)/t17-,18-,19-,20+,21?,22+,23+,24+,28+,29-/m1/s1. The fraction of sp³-hybridized carbons (Fsp3) is 0.828. The van der Waals surface area contributed by atoms with Gasteiger partial charge < -0.3 is 20.7 Å². The predicted molar refractivity (Wildman–Crippen MR) is 136 cm³/mol. The van der Waals surface area contributed by atoms with Crippen LogP contribution in [-0.2, 0) is 19.1 Å². The summed E-state index contributed by atoms with van der Waals surface area (Å²) in [6, 6.07) is -0.877. The highest BCUT2D eigenvalue weighted by Crippen LogP contribution is 2.66. The Morgan fingerprint density at radius 1 is 1.03 bits per heavy atom. The maximum absolute atomic E-state index is 12.4. The van der Waals surface area contributed by atoms with Gasteiger partial charge in [-0.15, -0.1) is 0 Å². The van der Waals surface area contributed by atoms with Crippen LogP contribution in [0.5, 0.6) is 0 Å². The second-order valence-corrected chi connectivity index (χ2v) is 12.8. The maximum atomic E-state index is 12.4. The second-order valence-electron chi connectivity index (χ2n) is 12.8. The van der Waals surface area contributed by atoms with Crippen LogP contribution in [0.25, 0.3) is 0 Å². The van der Waals surface area contributed by atoms with Crippen LogP contribution in [0.15, 0.2) is 12.2 Å². The number of aliphatic carboxylic acids is 2. The van der Waals surface area contributed by atoms with Gasteiger partial charge in [-0.25, -0.2) is 0 Å². The number of ether oxygens (including phenoxy) is 1. The molecule has 7 heteroatoms. The molecule has 1 unspecified atom stereocenters. The van der Waals surface area contributed by atoms with Crippen LogP contribution in [0.3, 0.4) is 0 Å². The number of carbonyl (C=O) groups is 3. The van der Waals surface area contributed by atoms with Gasteiger partial charge >= 0.3 is 17.9 Å². The predicted octanol–water partition coefficient (Wildman–Crippen LogP) is 5.03. The van der Waals surface area contributed by atoms with E-state index >= 15 is 0 Å². The molecular weight excluding hydrogens is 458 g/mol. The first kappa shape index (κ1) is 27.2. The Kier molecular flexibility index (Phi) is 7.89. The van der Waals surface area contributed by atoms with E-state index in [0.717, 1.165) is 32.1 Å². The van der Waals surface area contributed by atoms with E-state index in [-0.39, 0.29) is 36.2 Å². The SMILES string of the molecule is C[C@H](CCC(=O)O)C1CC[C@H]2[C@@H]3CC[C@@H]4C[C@H](OC(=O)[C@@H](N)CCC(=O)O)CC[C@]4(C)[C@H]3C=C[C@]12C. The zero-order valence-electron chi connectivity index (χ0n) is 22.2. The van der Waals surface area contributed by atoms with E-state index in [2.05, 4.69) is 32.9 Å². The molecule has 4 rings (SSSR count). The molecule has 0 saturated heterocycles. The molecule has 36 heavy (non-hydrogen) atoms. The Hall–Kier alpha value is -1.89. The number of carboxylic acid groups (broad SMARTS) is 2. The summed E-state index contributed by atoms with van der Waals surface area (Å²) in [5.41, 5.74) is 6.23. The number of esters is 1. The minimum Gasteiger partial charge on any atom is -0.481 e. The summed E-state index contributed by atoms with van der Waals surface area (Å²) in [6.07, 6.45) is 13.4. The molecule has 0 bridgehead atoms. The number of allylic oxidation sites excluding steroid dienone is 2. The first-order valence-electron chi connectivity index (χ1n) is 14.0. The van der Waals surface area contributed by atoms with Crippen LogP contribution in [0.4, 0.5) is 0 Å². The van der Waals surface area contributed by atoms with Crippen molar-refractivity contribution in [3.8, 4) is 0 Å². The van der Waals surface area contributed by atoms with Crippen LogP contribution in [0.2, 0.25) is 0 Å². The second kappa shape index (κ2) is 10.5. The highest BCUT2D eigenvalue weighted by Gasteiger charge is 2.59. The van der Waals surface area contributed by atoms with Gasteiger partial charge in [-0.1, -0.05) is 32.9 Å². The van der Waals surface area contributed by atoms with Gasteiger partial charge in [0, 0.05) is 12.8 Å². The Morgan fingerprint density at radius 3 is 2.42 bits per heavy atom. The summed E-state index contributed by atoms with van der Waals surface area (Å²) < 4.78 is 5.76. The first-order chi connectivity index (χ1) is 17.0. The minimum absolute atomic E-state index is 0.104. The third-order valence-corrected chi connectivity index (χ3v) is 10.9. The van der Waals surface area contributed by atoms with Gasteiger partial charge in [-0.3, -0.25) is 14.4 Å². The summed E-state index contributed by atoms with van der Waals surface area (Å²) in [4.78, 5) is 34.4. The quantitative estimate of drug-likeness (QED) is 0.298. The highest BCUT2D eigenvalue weighted by atomic mass is 16.5. The van der Waals surface area contributed by atoms with Gasteiger partial charge in [-0.05, 0) is 104 Å². The molecule has 0 aliphatic heterocycles. The summed E-state index contributed by atoms with van der Waals surface area (Å²) in [7, 11) is 0. The maximum Gasteiger partial charge on any atom is 0.323 e. The molecular formula is C29H45NO6. The molecule has 4 aliphatic carbocycles. The number of carboxylic acids is 2. The lowest BCUT2D eigenvalue weighted by molar-refractivity contribution is -0.159.